The molecule has 0 bridgehead atoms. The second-order valence-electron chi connectivity index (χ2n) is 3.95. The molecule has 0 unspecified atom stereocenters. The lowest BCUT2D eigenvalue weighted by Gasteiger charge is -2.05. The first-order valence-electron chi connectivity index (χ1n) is 5.93. The molecule has 1 aliphatic rings. The minimum absolute atomic E-state index is 0.0922. The summed E-state index contributed by atoms with van der Waals surface area (Å²) in [6.45, 7) is 0. The summed E-state index contributed by atoms with van der Waals surface area (Å²) in [5.74, 6) is 0. The second-order valence-corrected chi connectivity index (χ2v) is 6.69. The highest BCUT2D eigenvalue weighted by atomic mass is 32.2. The Labute approximate surface area is 140 Å². The fraction of sp³-hybridized carbons (Fsp3) is 0. The molecule has 0 spiro atoms. The molecule has 0 fully saturated rings. The Morgan fingerprint density at radius 1 is 1.20 bits per heavy atom. The summed E-state index contributed by atoms with van der Waals surface area (Å²) in [5.41, 5.74) is -0.185. The summed E-state index contributed by atoms with van der Waals surface area (Å²) in [5, 5.41) is 27.9. The van der Waals surface area contributed by atoms with Gasteiger partial charge in [-0.1, -0.05) is 5.22 Å². The Kier molecular flexibility index (Phi) is 5.40. The van der Waals surface area contributed by atoms with Crippen molar-refractivity contribution in [3.05, 3.63) is 40.6 Å². The summed E-state index contributed by atoms with van der Waals surface area (Å²) in [6, 6.07) is 4.50. The maximum absolute atomic E-state index is 11.9. The zero-order valence-corrected chi connectivity index (χ0v) is 13.4. The number of hydrogen-bond donors (Lipinski definition) is 1. The molecule has 25 heavy (non-hydrogen) atoms. The molecule has 1 aromatic carbocycles. The molecule has 0 aliphatic carbocycles. The van der Waals surface area contributed by atoms with Gasteiger partial charge in [-0.15, -0.1) is 5.21 Å². The topological polar surface area (TPSA) is 190 Å². The minimum Gasteiger partial charge on any atom is -0.351 e. The Morgan fingerprint density at radius 2 is 1.88 bits per heavy atom. The Morgan fingerprint density at radius 3 is 2.28 bits per heavy atom. The number of H-pyrrole nitrogens is 1. The number of rotatable bonds is 3. The van der Waals surface area contributed by atoms with Gasteiger partial charge in [0.15, 0.2) is 9.84 Å². The van der Waals surface area contributed by atoms with Crippen molar-refractivity contribution in [2.45, 2.75) is 9.92 Å². The minimum atomic E-state index is -3.80. The lowest BCUT2D eigenvalue weighted by atomic mass is 10.3. The fourth-order valence-electron chi connectivity index (χ4n) is 1.37. The SMILES string of the molecule is O=S(=O)=C1[C-]=NN=N1.O=[N+]([O-])c1ccc(S(=O)(=O)c2[c-]nn[nH]2)cc1. The first kappa shape index (κ1) is 18.0. The van der Waals surface area contributed by atoms with Crippen molar-refractivity contribution >= 4 is 37.0 Å². The largest absolute Gasteiger partial charge is 0.351 e. The monoisotopic (exact) mass is 383 g/mol. The molecule has 0 amide bonds. The summed E-state index contributed by atoms with van der Waals surface area (Å²) >= 11 is 0. The normalized spacial score (nSPS) is 12.6. The van der Waals surface area contributed by atoms with Crippen LogP contribution in [0.25, 0.3) is 0 Å². The van der Waals surface area contributed by atoms with E-state index in [1.807, 2.05) is 0 Å². The predicted molar refractivity (Wildman–Crippen MR) is 80.0 cm³/mol. The van der Waals surface area contributed by atoms with Gasteiger partial charge in [-0.2, -0.15) is 13.5 Å². The van der Waals surface area contributed by atoms with Gasteiger partial charge in [0.1, 0.15) is 0 Å². The molecule has 2 heterocycles. The van der Waals surface area contributed by atoms with E-state index in [4.69, 9.17) is 0 Å². The van der Waals surface area contributed by atoms with E-state index in [0.717, 1.165) is 24.3 Å². The van der Waals surface area contributed by atoms with Gasteiger partial charge in [-0.3, -0.25) is 21.4 Å². The molecule has 0 saturated heterocycles. The molecule has 15 heteroatoms. The lowest BCUT2D eigenvalue weighted by Crippen LogP contribution is -2.02. The van der Waals surface area contributed by atoms with Crippen LogP contribution in [-0.2, 0) is 20.1 Å². The van der Waals surface area contributed by atoms with Crippen LogP contribution in [0.4, 0.5) is 5.69 Å². The third-order valence-electron chi connectivity index (χ3n) is 2.46. The number of aromatic amines is 1. The number of benzene rings is 1. The molecule has 2 aromatic rings. The summed E-state index contributed by atoms with van der Waals surface area (Å²) in [7, 11) is -6.14. The predicted octanol–water partition coefficient (Wildman–Crippen LogP) is -0.330. The average Bonchev–Trinajstić information content (AvgIpc) is 3.29. The van der Waals surface area contributed by atoms with E-state index >= 15 is 0 Å². The van der Waals surface area contributed by atoms with Crippen molar-refractivity contribution in [2.24, 2.45) is 15.4 Å². The number of nitro groups is 1. The standard InChI is InChI=1S/C8H5N4O4S.C2N3O2S/c13-12(14)6-1-3-7(4-2-6)17(15,16)8-5-9-11-10-8;6-8(7)2-1-3-5-4-2/h1-4H,(H,9,10,11);/q2*-1. The Hall–Kier alpha value is -3.33. The van der Waals surface area contributed by atoms with Gasteiger partial charge >= 0.3 is 0 Å². The fourth-order valence-corrected chi connectivity index (χ4v) is 2.64. The Balaban J connectivity index is 0.000000236. The van der Waals surface area contributed by atoms with Crippen LogP contribution in [0.1, 0.15) is 0 Å². The van der Waals surface area contributed by atoms with Crippen LogP contribution >= 0.6 is 0 Å². The second kappa shape index (κ2) is 7.49. The van der Waals surface area contributed by atoms with E-state index in [1.54, 1.807) is 0 Å². The number of sulfone groups is 1. The van der Waals surface area contributed by atoms with Crippen molar-refractivity contribution in [1.29, 1.82) is 0 Å². The summed E-state index contributed by atoms with van der Waals surface area (Å²) in [4.78, 5) is 9.47. The highest BCUT2D eigenvalue weighted by molar-refractivity contribution is 7.91. The van der Waals surface area contributed by atoms with Crippen molar-refractivity contribution < 1.29 is 21.8 Å². The molecule has 1 aliphatic heterocycles. The number of nitrogens with zero attached hydrogens (tertiary/aromatic N) is 6. The first-order valence-corrected chi connectivity index (χ1v) is 8.49. The molecule has 3 rings (SSSR count). The third-order valence-corrected chi connectivity index (χ3v) is 4.56. The van der Waals surface area contributed by atoms with E-state index in [1.165, 1.54) is 0 Å². The van der Waals surface area contributed by atoms with Crippen LogP contribution in [0.2, 0.25) is 0 Å². The van der Waals surface area contributed by atoms with Crippen LogP contribution in [0, 0.1) is 16.3 Å². The van der Waals surface area contributed by atoms with Gasteiger partial charge in [-0.05, 0) is 17.2 Å². The molecular weight excluding hydrogens is 378 g/mol. The number of nitro benzene ring substituents is 1. The molecular formula is C10H5N7O6S2-2. The maximum Gasteiger partial charge on any atom is 0.269 e. The molecule has 1 aromatic heterocycles. The lowest BCUT2D eigenvalue weighted by molar-refractivity contribution is -0.384. The van der Waals surface area contributed by atoms with Crippen LogP contribution in [-0.4, -0.2) is 48.4 Å². The van der Waals surface area contributed by atoms with Gasteiger partial charge in [0.2, 0.25) is 10.3 Å². The van der Waals surface area contributed by atoms with Crippen molar-refractivity contribution in [1.82, 2.24) is 15.4 Å². The van der Waals surface area contributed by atoms with Gasteiger partial charge < -0.3 is 16.4 Å². The smallest absolute Gasteiger partial charge is 0.269 e. The van der Waals surface area contributed by atoms with Crippen molar-refractivity contribution in [2.75, 3.05) is 0 Å². The van der Waals surface area contributed by atoms with E-state index in [0.29, 0.717) is 0 Å². The maximum atomic E-state index is 11.9. The summed E-state index contributed by atoms with van der Waals surface area (Å²) in [6.07, 6.45) is 4.23. The first-order chi connectivity index (χ1) is 11.8. The third kappa shape index (κ3) is 4.36. The molecule has 0 radical (unpaired) electrons. The van der Waals surface area contributed by atoms with Crippen LogP contribution in [0.5, 0.6) is 0 Å². The summed E-state index contributed by atoms with van der Waals surface area (Å²) < 4.78 is 43.5. The van der Waals surface area contributed by atoms with E-state index < -0.39 is 25.1 Å². The number of nitrogens with one attached hydrogen (secondary N) is 1. The van der Waals surface area contributed by atoms with Crippen LogP contribution < -0.4 is 0 Å². The zero-order chi connectivity index (χ0) is 18.4. The van der Waals surface area contributed by atoms with E-state index in [9.17, 15) is 26.9 Å². The zero-order valence-electron chi connectivity index (χ0n) is 11.8. The highest BCUT2D eigenvalue weighted by Crippen LogP contribution is 2.20. The van der Waals surface area contributed by atoms with Crippen molar-refractivity contribution in [3.8, 4) is 0 Å². The number of aromatic nitrogens is 3. The van der Waals surface area contributed by atoms with E-state index in [-0.39, 0.29) is 20.6 Å². The molecule has 0 atom stereocenters. The van der Waals surface area contributed by atoms with Crippen LogP contribution in [0.3, 0.4) is 0 Å². The van der Waals surface area contributed by atoms with Crippen molar-refractivity contribution in [3.63, 3.8) is 0 Å². The van der Waals surface area contributed by atoms with Gasteiger partial charge in [-0.25, -0.2) is 8.42 Å². The quantitative estimate of drug-likeness (QED) is 0.322. The number of non-ortho nitro benzene ring substituents is 1. The van der Waals surface area contributed by atoms with E-state index in [2.05, 4.69) is 43.3 Å². The molecule has 13 nitrogen and oxygen atoms in total. The highest BCUT2D eigenvalue weighted by Gasteiger charge is 2.15. The molecule has 130 valence electrons. The molecule has 1 N–H and O–H groups in total. The molecule has 0 saturated carbocycles. The van der Waals surface area contributed by atoms with Crippen LogP contribution in [0.15, 0.2) is 49.6 Å². The van der Waals surface area contributed by atoms with Gasteiger partial charge in [0.25, 0.3) is 5.69 Å². The van der Waals surface area contributed by atoms with Gasteiger partial charge in [0, 0.05) is 17.1 Å². The average molecular weight is 383 g/mol. The van der Waals surface area contributed by atoms with Gasteiger partial charge in [0.05, 0.1) is 9.82 Å². The number of hydrogen-bond acceptors (Lipinski definition) is 10. The Bertz CT molecular complexity index is 1050.